The van der Waals surface area contributed by atoms with Crippen LogP contribution in [-0.4, -0.2) is 36.9 Å². The lowest BCUT2D eigenvalue weighted by molar-refractivity contribution is 0.354. The molecule has 3 aromatic rings. The Morgan fingerprint density at radius 3 is 2.57 bits per heavy atom. The van der Waals surface area contributed by atoms with Crippen molar-refractivity contribution < 1.29 is 14.0 Å². The number of methoxy groups -OCH3 is 2. The molecule has 8 nitrogen and oxygen atoms in total. The van der Waals surface area contributed by atoms with E-state index in [4.69, 9.17) is 31.3 Å². The quantitative estimate of drug-likeness (QED) is 0.254. The lowest BCUT2D eigenvalue weighted by atomic mass is 10.2. The van der Waals surface area contributed by atoms with Gasteiger partial charge in [0.2, 0.25) is 11.7 Å². The summed E-state index contributed by atoms with van der Waals surface area (Å²) in [4.78, 5) is 8.69. The number of rotatable bonds is 8. The van der Waals surface area contributed by atoms with Crippen LogP contribution in [0.5, 0.6) is 11.5 Å². The van der Waals surface area contributed by atoms with Gasteiger partial charge in [-0.3, -0.25) is 0 Å². The van der Waals surface area contributed by atoms with E-state index in [9.17, 15) is 0 Å². The first-order valence-electron chi connectivity index (χ1n) is 8.92. The SMILES string of the molecule is COc1ccc(CN=C(N)NCCc2nc(-c3ccc(Cl)cc3)no2)cc1OC.I. The summed E-state index contributed by atoms with van der Waals surface area (Å²) in [7, 11) is 3.19. The van der Waals surface area contributed by atoms with Crippen molar-refractivity contribution in [2.45, 2.75) is 13.0 Å². The highest BCUT2D eigenvalue weighted by molar-refractivity contribution is 14.0. The minimum atomic E-state index is 0. The second kappa shape index (κ2) is 11.6. The number of hydrogen-bond donors (Lipinski definition) is 2. The molecule has 160 valence electrons. The third-order valence-electron chi connectivity index (χ3n) is 4.10. The summed E-state index contributed by atoms with van der Waals surface area (Å²) in [6.45, 7) is 0.935. The van der Waals surface area contributed by atoms with E-state index in [1.165, 1.54) is 0 Å². The summed E-state index contributed by atoms with van der Waals surface area (Å²) in [5, 5.41) is 7.67. The van der Waals surface area contributed by atoms with Crippen LogP contribution in [-0.2, 0) is 13.0 Å². The molecule has 0 aliphatic carbocycles. The van der Waals surface area contributed by atoms with Crippen molar-refractivity contribution in [1.29, 1.82) is 0 Å². The molecule has 30 heavy (non-hydrogen) atoms. The smallest absolute Gasteiger partial charge is 0.228 e. The average molecular weight is 544 g/mol. The molecular formula is C20H23ClIN5O3. The van der Waals surface area contributed by atoms with Gasteiger partial charge in [0.25, 0.3) is 0 Å². The van der Waals surface area contributed by atoms with Gasteiger partial charge >= 0.3 is 0 Å². The minimum Gasteiger partial charge on any atom is -0.493 e. The largest absolute Gasteiger partial charge is 0.493 e. The topological polar surface area (TPSA) is 108 Å². The zero-order valence-corrected chi connectivity index (χ0v) is 19.7. The van der Waals surface area contributed by atoms with Gasteiger partial charge in [0.15, 0.2) is 17.5 Å². The molecule has 0 aliphatic rings. The molecule has 0 aliphatic heterocycles. The van der Waals surface area contributed by atoms with E-state index in [0.717, 1.165) is 11.1 Å². The fraction of sp³-hybridized carbons (Fsp3) is 0.250. The van der Waals surface area contributed by atoms with Gasteiger partial charge in [-0.2, -0.15) is 4.98 Å². The highest BCUT2D eigenvalue weighted by Crippen LogP contribution is 2.27. The number of nitrogens with one attached hydrogen (secondary N) is 1. The van der Waals surface area contributed by atoms with Crippen molar-refractivity contribution in [3.63, 3.8) is 0 Å². The molecule has 0 saturated carbocycles. The summed E-state index contributed by atoms with van der Waals surface area (Å²) < 4.78 is 15.8. The Balaban J connectivity index is 0.00000320. The van der Waals surface area contributed by atoms with E-state index in [1.54, 1.807) is 26.4 Å². The standard InChI is InChI=1S/C20H22ClN5O3.HI/c1-27-16-8-3-13(11-17(16)28-2)12-24-20(22)23-10-9-18-25-19(26-29-18)14-4-6-15(21)7-5-14;/h3-8,11H,9-10,12H2,1-2H3,(H3,22,23,24);1H. The Labute approximate surface area is 196 Å². The van der Waals surface area contributed by atoms with Crippen molar-refractivity contribution in [2.75, 3.05) is 20.8 Å². The Morgan fingerprint density at radius 1 is 1.13 bits per heavy atom. The lowest BCUT2D eigenvalue weighted by Gasteiger charge is -2.09. The maximum Gasteiger partial charge on any atom is 0.228 e. The van der Waals surface area contributed by atoms with Crippen molar-refractivity contribution >= 4 is 41.5 Å². The molecule has 1 heterocycles. The van der Waals surface area contributed by atoms with E-state index >= 15 is 0 Å². The molecule has 0 saturated heterocycles. The number of nitrogens with two attached hydrogens (primary N) is 1. The Hall–Kier alpha value is -2.53. The fourth-order valence-electron chi connectivity index (χ4n) is 2.58. The summed E-state index contributed by atoms with van der Waals surface area (Å²) in [5.41, 5.74) is 7.72. The Kier molecular flexibility index (Phi) is 9.18. The Bertz CT molecular complexity index is 979. The summed E-state index contributed by atoms with van der Waals surface area (Å²) >= 11 is 5.89. The highest BCUT2D eigenvalue weighted by Gasteiger charge is 2.09. The second-order valence-corrected chi connectivity index (χ2v) is 6.52. The predicted molar refractivity (Wildman–Crippen MR) is 127 cm³/mol. The van der Waals surface area contributed by atoms with Gasteiger partial charge in [0.05, 0.1) is 20.8 Å². The number of guanidine groups is 1. The van der Waals surface area contributed by atoms with Crippen LogP contribution in [0.4, 0.5) is 0 Å². The van der Waals surface area contributed by atoms with E-state index < -0.39 is 0 Å². The van der Waals surface area contributed by atoms with Crippen molar-refractivity contribution in [3.05, 3.63) is 58.9 Å². The van der Waals surface area contributed by atoms with E-state index in [1.807, 2.05) is 30.3 Å². The molecule has 3 N–H and O–H groups in total. The van der Waals surface area contributed by atoms with Gasteiger partial charge in [-0.15, -0.1) is 24.0 Å². The zero-order valence-electron chi connectivity index (χ0n) is 16.6. The van der Waals surface area contributed by atoms with Crippen LogP contribution in [0.2, 0.25) is 5.02 Å². The first-order chi connectivity index (χ1) is 14.1. The minimum absolute atomic E-state index is 0. The Morgan fingerprint density at radius 2 is 1.87 bits per heavy atom. The van der Waals surface area contributed by atoms with Crippen molar-refractivity contribution in [3.8, 4) is 22.9 Å². The van der Waals surface area contributed by atoms with E-state index in [0.29, 0.717) is 53.7 Å². The van der Waals surface area contributed by atoms with Crippen molar-refractivity contribution in [2.24, 2.45) is 10.7 Å². The maximum atomic E-state index is 5.93. The molecule has 2 aromatic carbocycles. The predicted octanol–water partition coefficient (Wildman–Crippen LogP) is 3.67. The fourth-order valence-corrected chi connectivity index (χ4v) is 2.71. The molecule has 0 fully saturated rings. The molecule has 10 heteroatoms. The van der Waals surface area contributed by atoms with E-state index in [2.05, 4.69) is 20.4 Å². The first-order valence-corrected chi connectivity index (χ1v) is 9.30. The molecule has 0 unspecified atom stereocenters. The number of aliphatic imine (C=N–C) groups is 1. The third-order valence-corrected chi connectivity index (χ3v) is 4.35. The van der Waals surface area contributed by atoms with Gasteiger partial charge in [-0.25, -0.2) is 4.99 Å². The third kappa shape index (κ3) is 6.49. The lowest BCUT2D eigenvalue weighted by Crippen LogP contribution is -2.33. The first kappa shape index (κ1) is 23.7. The molecule has 0 radical (unpaired) electrons. The normalized spacial score (nSPS) is 11.0. The van der Waals surface area contributed by atoms with Crippen LogP contribution in [0, 0.1) is 0 Å². The van der Waals surface area contributed by atoms with Crippen molar-refractivity contribution in [1.82, 2.24) is 15.5 Å². The maximum absolute atomic E-state index is 5.93. The molecule has 1 aromatic heterocycles. The van der Waals surface area contributed by atoms with Gasteiger partial charge in [0.1, 0.15) is 0 Å². The molecular weight excluding hydrogens is 521 g/mol. The van der Waals surface area contributed by atoms with Gasteiger partial charge < -0.3 is 25.0 Å². The molecule has 0 amide bonds. The second-order valence-electron chi connectivity index (χ2n) is 6.09. The number of halogens is 2. The van der Waals surface area contributed by atoms with Crippen LogP contribution in [0.25, 0.3) is 11.4 Å². The van der Waals surface area contributed by atoms with Gasteiger partial charge in [0, 0.05) is 23.6 Å². The van der Waals surface area contributed by atoms with Crippen LogP contribution in [0.15, 0.2) is 52.0 Å². The van der Waals surface area contributed by atoms with Crippen LogP contribution in [0.1, 0.15) is 11.5 Å². The summed E-state index contributed by atoms with van der Waals surface area (Å²) in [6, 6.07) is 12.9. The monoisotopic (exact) mass is 543 g/mol. The molecule has 0 atom stereocenters. The number of benzene rings is 2. The average Bonchev–Trinajstić information content (AvgIpc) is 3.21. The molecule has 0 spiro atoms. The molecule has 3 rings (SSSR count). The summed E-state index contributed by atoms with van der Waals surface area (Å²) in [6.07, 6.45) is 0.521. The van der Waals surface area contributed by atoms with Crippen LogP contribution in [0.3, 0.4) is 0 Å². The van der Waals surface area contributed by atoms with E-state index in [-0.39, 0.29) is 24.0 Å². The number of nitrogens with zero attached hydrogens (tertiary/aromatic N) is 3. The zero-order chi connectivity index (χ0) is 20.6. The van der Waals surface area contributed by atoms with Crippen LogP contribution >= 0.6 is 35.6 Å². The van der Waals surface area contributed by atoms with Gasteiger partial charge in [-0.1, -0.05) is 22.8 Å². The summed E-state index contributed by atoms with van der Waals surface area (Å²) in [5.74, 6) is 2.68. The van der Waals surface area contributed by atoms with Crippen LogP contribution < -0.4 is 20.5 Å². The van der Waals surface area contributed by atoms with Gasteiger partial charge in [-0.05, 0) is 42.0 Å². The number of ether oxygens (including phenoxy) is 2. The number of hydrogen-bond acceptors (Lipinski definition) is 6. The number of aromatic nitrogens is 2. The molecule has 0 bridgehead atoms. The highest BCUT2D eigenvalue weighted by atomic mass is 127.